The van der Waals surface area contributed by atoms with Crippen molar-refractivity contribution in [3.05, 3.63) is 58.4 Å². The van der Waals surface area contributed by atoms with Crippen molar-refractivity contribution in [2.45, 2.75) is 39.7 Å². The Hall–Kier alpha value is -1.87. The van der Waals surface area contributed by atoms with Gasteiger partial charge in [0.25, 0.3) is 0 Å². The zero-order chi connectivity index (χ0) is 16.7. The molecule has 0 amide bonds. The van der Waals surface area contributed by atoms with Crippen LogP contribution in [0, 0.1) is 18.8 Å². The summed E-state index contributed by atoms with van der Waals surface area (Å²) in [5.74, 6) is 1.08. The maximum Gasteiger partial charge on any atom is 0.169 e. The molecule has 2 aliphatic rings. The van der Waals surface area contributed by atoms with Crippen molar-refractivity contribution in [3.63, 3.8) is 0 Å². The van der Waals surface area contributed by atoms with Gasteiger partial charge in [-0.2, -0.15) is 0 Å². The van der Waals surface area contributed by atoms with Crippen LogP contribution in [0.25, 0.3) is 0 Å². The third-order valence-electron chi connectivity index (χ3n) is 5.89. The topological polar surface area (TPSA) is 36.1 Å². The molecular formula is C21H26N2O. The summed E-state index contributed by atoms with van der Waals surface area (Å²) in [5.41, 5.74) is 6.00. The quantitative estimate of drug-likeness (QED) is 0.934. The molecule has 0 saturated carbocycles. The molecule has 24 heavy (non-hydrogen) atoms. The lowest BCUT2D eigenvalue weighted by Crippen LogP contribution is -2.46. The average Bonchev–Trinajstić information content (AvgIpc) is 2.92. The lowest BCUT2D eigenvalue weighted by atomic mass is 9.72. The van der Waals surface area contributed by atoms with Gasteiger partial charge in [-0.3, -0.25) is 9.69 Å². The number of piperidine rings is 1. The van der Waals surface area contributed by atoms with E-state index in [9.17, 15) is 4.79 Å². The van der Waals surface area contributed by atoms with Gasteiger partial charge in [-0.25, -0.2) is 0 Å². The van der Waals surface area contributed by atoms with Crippen LogP contribution in [0.15, 0.2) is 30.3 Å². The summed E-state index contributed by atoms with van der Waals surface area (Å²) < 4.78 is 0. The van der Waals surface area contributed by atoms with Crippen LogP contribution in [0.4, 0.5) is 0 Å². The summed E-state index contributed by atoms with van der Waals surface area (Å²) in [6, 6.07) is 10.6. The minimum absolute atomic E-state index is 0.176. The summed E-state index contributed by atoms with van der Waals surface area (Å²) >= 11 is 0. The van der Waals surface area contributed by atoms with Gasteiger partial charge in [-0.05, 0) is 49.8 Å². The van der Waals surface area contributed by atoms with E-state index in [0.29, 0.717) is 11.7 Å². The zero-order valence-electron chi connectivity index (χ0n) is 14.6. The second kappa shape index (κ2) is 6.21. The van der Waals surface area contributed by atoms with E-state index in [2.05, 4.69) is 54.1 Å². The van der Waals surface area contributed by atoms with Gasteiger partial charge in [0.15, 0.2) is 5.78 Å². The number of hydrogen-bond acceptors (Lipinski definition) is 2. The molecule has 3 heteroatoms. The number of nitrogens with one attached hydrogen (secondary N) is 1. The molecule has 0 radical (unpaired) electrons. The first-order valence-electron chi connectivity index (χ1n) is 9.18. The predicted octanol–water partition coefficient (Wildman–Crippen LogP) is 3.76. The highest BCUT2D eigenvalue weighted by molar-refractivity contribution is 6.02. The normalized spacial score (nSPS) is 23.8. The SMILES string of the molecule is CCc1c(C)[nH]c2c1C(=O)[C@@H]1CN(Cc3ccccc3)CC[C@H]1C2. The lowest BCUT2D eigenvalue weighted by Gasteiger charge is -2.40. The second-order valence-corrected chi connectivity index (χ2v) is 7.38. The van der Waals surface area contributed by atoms with Crippen molar-refractivity contribution in [2.24, 2.45) is 11.8 Å². The number of carbonyl (C=O) groups excluding carboxylic acids is 1. The molecule has 1 saturated heterocycles. The Kier molecular flexibility index (Phi) is 4.05. The molecule has 1 aliphatic heterocycles. The molecule has 1 aliphatic carbocycles. The number of aryl methyl sites for hydroxylation is 1. The fourth-order valence-electron chi connectivity index (χ4n) is 4.67. The van der Waals surface area contributed by atoms with Crippen molar-refractivity contribution in [1.29, 1.82) is 0 Å². The second-order valence-electron chi connectivity index (χ2n) is 7.38. The maximum absolute atomic E-state index is 13.2. The number of rotatable bonds is 3. The number of benzene rings is 1. The monoisotopic (exact) mass is 322 g/mol. The van der Waals surface area contributed by atoms with Gasteiger partial charge in [0, 0.05) is 36.0 Å². The molecule has 1 fully saturated rings. The van der Waals surface area contributed by atoms with Gasteiger partial charge >= 0.3 is 0 Å². The first-order valence-corrected chi connectivity index (χ1v) is 9.18. The largest absolute Gasteiger partial charge is 0.362 e. The highest BCUT2D eigenvalue weighted by atomic mass is 16.1. The van der Waals surface area contributed by atoms with Gasteiger partial charge in [0.05, 0.1) is 0 Å². The van der Waals surface area contributed by atoms with Gasteiger partial charge in [0.2, 0.25) is 0 Å². The molecular weight excluding hydrogens is 296 g/mol. The Morgan fingerprint density at radius 3 is 2.79 bits per heavy atom. The standard InChI is InChI=1S/C21H26N2O/c1-3-17-14(2)22-19-11-16-9-10-23(12-15-7-5-4-6-8-15)13-18(16)21(24)20(17)19/h4-8,16,18,22H,3,9-13H2,1-2H3/t16-,18+/m0/s1. The van der Waals surface area contributed by atoms with E-state index in [4.69, 9.17) is 0 Å². The summed E-state index contributed by atoms with van der Waals surface area (Å²) in [4.78, 5) is 19.2. The van der Waals surface area contributed by atoms with Crippen molar-refractivity contribution in [2.75, 3.05) is 13.1 Å². The fraction of sp³-hybridized carbons (Fsp3) is 0.476. The number of ketones is 1. The Bertz CT molecular complexity index is 747. The number of fused-ring (bicyclic) bond motifs is 2. The number of hydrogen-bond donors (Lipinski definition) is 1. The molecule has 0 unspecified atom stereocenters. The van der Waals surface area contributed by atoms with Crippen molar-refractivity contribution >= 4 is 5.78 Å². The smallest absolute Gasteiger partial charge is 0.169 e. The molecule has 2 heterocycles. The minimum atomic E-state index is 0.176. The van der Waals surface area contributed by atoms with E-state index in [0.717, 1.165) is 44.5 Å². The van der Waals surface area contributed by atoms with Crippen LogP contribution < -0.4 is 0 Å². The zero-order valence-corrected chi connectivity index (χ0v) is 14.6. The van der Waals surface area contributed by atoms with Crippen LogP contribution in [0.5, 0.6) is 0 Å². The molecule has 2 aromatic rings. The van der Waals surface area contributed by atoms with Crippen LogP contribution in [0.1, 0.15) is 46.2 Å². The molecule has 3 nitrogen and oxygen atoms in total. The number of aromatic nitrogens is 1. The molecule has 2 atom stereocenters. The molecule has 1 aromatic heterocycles. The fourth-order valence-corrected chi connectivity index (χ4v) is 4.67. The summed E-state index contributed by atoms with van der Waals surface area (Å²) in [6.07, 6.45) is 3.11. The Labute approximate surface area is 144 Å². The maximum atomic E-state index is 13.2. The average molecular weight is 322 g/mol. The van der Waals surface area contributed by atoms with E-state index in [1.54, 1.807) is 0 Å². The molecule has 0 spiro atoms. The summed E-state index contributed by atoms with van der Waals surface area (Å²) in [6.45, 7) is 7.22. The van der Waals surface area contributed by atoms with Gasteiger partial charge in [-0.1, -0.05) is 37.3 Å². The van der Waals surface area contributed by atoms with Crippen molar-refractivity contribution < 1.29 is 4.79 Å². The van der Waals surface area contributed by atoms with E-state index < -0.39 is 0 Å². The first-order chi connectivity index (χ1) is 11.7. The highest BCUT2D eigenvalue weighted by Crippen LogP contribution is 2.38. The number of likely N-dealkylation sites (tertiary alicyclic amines) is 1. The number of H-pyrrole nitrogens is 1. The minimum Gasteiger partial charge on any atom is -0.362 e. The lowest BCUT2D eigenvalue weighted by molar-refractivity contribution is 0.0644. The summed E-state index contributed by atoms with van der Waals surface area (Å²) in [5, 5.41) is 0. The van der Waals surface area contributed by atoms with Crippen molar-refractivity contribution in [1.82, 2.24) is 9.88 Å². The number of aromatic amines is 1. The van der Waals surface area contributed by atoms with Crippen LogP contribution in [0.2, 0.25) is 0 Å². The number of nitrogens with zero attached hydrogens (tertiary/aromatic N) is 1. The number of Topliss-reactive ketones (excluding diaryl/α,β-unsaturated/α-hetero) is 1. The van der Waals surface area contributed by atoms with E-state index in [-0.39, 0.29) is 5.92 Å². The highest BCUT2D eigenvalue weighted by Gasteiger charge is 2.41. The summed E-state index contributed by atoms with van der Waals surface area (Å²) in [7, 11) is 0. The molecule has 1 aromatic carbocycles. The van der Waals surface area contributed by atoms with E-state index in [1.807, 2.05) is 0 Å². The first kappa shape index (κ1) is 15.6. The van der Waals surface area contributed by atoms with Gasteiger partial charge in [0.1, 0.15) is 0 Å². The van der Waals surface area contributed by atoms with Crippen LogP contribution in [0.3, 0.4) is 0 Å². The van der Waals surface area contributed by atoms with Gasteiger partial charge < -0.3 is 4.98 Å². The molecule has 0 bridgehead atoms. The Balaban J connectivity index is 1.56. The predicted molar refractivity (Wildman–Crippen MR) is 96.3 cm³/mol. The van der Waals surface area contributed by atoms with Crippen LogP contribution in [-0.4, -0.2) is 28.8 Å². The third-order valence-corrected chi connectivity index (χ3v) is 5.89. The Morgan fingerprint density at radius 1 is 1.25 bits per heavy atom. The third kappa shape index (κ3) is 2.61. The Morgan fingerprint density at radius 2 is 2.04 bits per heavy atom. The molecule has 126 valence electrons. The van der Waals surface area contributed by atoms with Crippen molar-refractivity contribution in [3.8, 4) is 0 Å². The van der Waals surface area contributed by atoms with Gasteiger partial charge in [-0.15, -0.1) is 0 Å². The van der Waals surface area contributed by atoms with E-state index >= 15 is 0 Å². The van der Waals surface area contributed by atoms with E-state index in [1.165, 1.54) is 22.5 Å². The van der Waals surface area contributed by atoms with Crippen LogP contribution >= 0.6 is 0 Å². The molecule has 4 rings (SSSR count). The molecule has 1 N–H and O–H groups in total. The number of carbonyl (C=O) groups is 1. The van der Waals surface area contributed by atoms with Crippen LogP contribution in [-0.2, 0) is 19.4 Å².